The largest absolute Gasteiger partial charge is 0.324 e. The second-order valence-electron chi connectivity index (χ2n) is 5.26. The fourth-order valence-corrected chi connectivity index (χ4v) is 4.86. The average molecular weight is 476 g/mol. The molecule has 128 valence electrons. The van der Waals surface area contributed by atoms with Crippen molar-refractivity contribution in [2.24, 2.45) is 0 Å². The highest BCUT2D eigenvalue weighted by Gasteiger charge is 2.14. The molecule has 2 nitrogen and oxygen atoms in total. The number of para-hydroxylation sites is 1. The number of benzene rings is 2. The predicted molar refractivity (Wildman–Crippen MR) is 111 cm³/mol. The number of rotatable bonds is 4. The number of hydrogen-bond acceptors (Lipinski definition) is 2. The fraction of sp³-hybridized carbons (Fsp3) is 0.0556. The molecule has 25 heavy (non-hydrogen) atoms. The van der Waals surface area contributed by atoms with E-state index in [1.807, 2.05) is 30.3 Å². The van der Waals surface area contributed by atoms with Gasteiger partial charge in [-0.25, -0.2) is 0 Å². The molecule has 3 rings (SSSR count). The highest BCUT2D eigenvalue weighted by Crippen LogP contribution is 2.41. The van der Waals surface area contributed by atoms with Crippen molar-refractivity contribution in [1.29, 1.82) is 0 Å². The van der Waals surface area contributed by atoms with Crippen molar-refractivity contribution >= 4 is 73.7 Å². The second-order valence-corrected chi connectivity index (χ2v) is 9.07. The number of halogens is 4. The molecule has 0 aliphatic heterocycles. The van der Waals surface area contributed by atoms with E-state index in [4.69, 9.17) is 34.8 Å². The minimum absolute atomic E-state index is 0.149. The lowest BCUT2D eigenvalue weighted by Crippen LogP contribution is -2.14. The Hall–Kier alpha value is -1.04. The summed E-state index contributed by atoms with van der Waals surface area (Å²) in [5.41, 5.74) is 3.18. The maximum atomic E-state index is 12.3. The third-order valence-corrected chi connectivity index (χ3v) is 6.11. The molecule has 0 aliphatic rings. The quantitative estimate of drug-likeness (QED) is 0.421. The molecule has 0 saturated carbocycles. The van der Waals surface area contributed by atoms with Crippen molar-refractivity contribution < 1.29 is 4.79 Å². The van der Waals surface area contributed by atoms with E-state index in [1.165, 1.54) is 11.3 Å². The summed E-state index contributed by atoms with van der Waals surface area (Å²) in [5, 5.41) is 3.92. The third kappa shape index (κ3) is 4.57. The Kier molecular flexibility index (Phi) is 6.08. The molecule has 1 aromatic heterocycles. The Morgan fingerprint density at radius 1 is 1.00 bits per heavy atom. The molecule has 3 aromatic rings. The molecule has 0 radical (unpaired) electrons. The van der Waals surface area contributed by atoms with Crippen LogP contribution in [0, 0.1) is 0 Å². The summed E-state index contributed by atoms with van der Waals surface area (Å²) in [6.07, 6.45) is 0.213. The topological polar surface area (TPSA) is 29.1 Å². The van der Waals surface area contributed by atoms with E-state index in [0.717, 1.165) is 20.5 Å². The monoisotopic (exact) mass is 473 g/mol. The van der Waals surface area contributed by atoms with E-state index < -0.39 is 0 Å². The van der Waals surface area contributed by atoms with Crippen LogP contribution in [0.4, 0.5) is 5.69 Å². The van der Waals surface area contributed by atoms with Crippen LogP contribution in [0.5, 0.6) is 0 Å². The van der Waals surface area contributed by atoms with Gasteiger partial charge in [-0.05, 0) is 51.8 Å². The van der Waals surface area contributed by atoms with Crippen LogP contribution in [0.3, 0.4) is 0 Å². The van der Waals surface area contributed by atoms with Crippen molar-refractivity contribution in [2.75, 3.05) is 5.32 Å². The van der Waals surface area contributed by atoms with Gasteiger partial charge in [-0.1, -0.05) is 53.0 Å². The van der Waals surface area contributed by atoms with Gasteiger partial charge in [0.25, 0.3) is 0 Å². The highest BCUT2D eigenvalue weighted by atomic mass is 79.9. The van der Waals surface area contributed by atoms with Gasteiger partial charge in [0.05, 0.1) is 25.3 Å². The molecule has 7 heteroatoms. The number of amides is 1. The van der Waals surface area contributed by atoms with Crippen molar-refractivity contribution in [3.8, 4) is 11.1 Å². The lowest BCUT2D eigenvalue weighted by Gasteiger charge is -2.09. The Balaban J connectivity index is 1.82. The Morgan fingerprint density at radius 2 is 1.76 bits per heavy atom. The first kappa shape index (κ1) is 18.7. The van der Waals surface area contributed by atoms with E-state index in [2.05, 4.69) is 21.2 Å². The minimum Gasteiger partial charge on any atom is -0.324 e. The molecule has 1 N–H and O–H groups in total. The molecule has 0 atom stereocenters. The van der Waals surface area contributed by atoms with E-state index in [1.54, 1.807) is 18.2 Å². The molecule has 2 aromatic carbocycles. The van der Waals surface area contributed by atoms with Crippen LogP contribution in [-0.4, -0.2) is 5.91 Å². The van der Waals surface area contributed by atoms with Crippen LogP contribution in [0.15, 0.2) is 52.3 Å². The van der Waals surface area contributed by atoms with Gasteiger partial charge < -0.3 is 5.32 Å². The van der Waals surface area contributed by atoms with Crippen LogP contribution in [-0.2, 0) is 11.2 Å². The van der Waals surface area contributed by atoms with E-state index >= 15 is 0 Å². The smallest absolute Gasteiger partial charge is 0.228 e. The number of carbonyl (C=O) groups excluding carboxylic acids is 1. The average Bonchev–Trinajstić information content (AvgIpc) is 2.90. The zero-order valence-corrected chi connectivity index (χ0v) is 17.3. The van der Waals surface area contributed by atoms with E-state index in [0.29, 0.717) is 20.1 Å². The Morgan fingerprint density at radius 3 is 2.44 bits per heavy atom. The van der Waals surface area contributed by atoms with Gasteiger partial charge in [0, 0.05) is 16.1 Å². The summed E-state index contributed by atoms with van der Waals surface area (Å²) in [5.74, 6) is -0.149. The van der Waals surface area contributed by atoms with Crippen LogP contribution in [0.2, 0.25) is 14.4 Å². The summed E-state index contributed by atoms with van der Waals surface area (Å²) in [6.45, 7) is 0. The molecule has 0 unspecified atom stereocenters. The first-order valence-electron chi connectivity index (χ1n) is 7.22. The van der Waals surface area contributed by atoms with Crippen molar-refractivity contribution in [3.05, 3.63) is 72.3 Å². The molecule has 0 aliphatic carbocycles. The summed E-state index contributed by atoms with van der Waals surface area (Å²) in [7, 11) is 0. The molecular weight excluding hydrogens is 465 g/mol. The maximum absolute atomic E-state index is 12.3. The highest BCUT2D eigenvalue weighted by molar-refractivity contribution is 9.11. The van der Waals surface area contributed by atoms with Crippen LogP contribution < -0.4 is 5.32 Å². The Bertz CT molecular complexity index is 942. The SMILES string of the molecule is O=C(Cc1ccc(Cl)c(-c2cc(Cl)sc2Br)c1)Nc1ccccc1Cl. The number of carbonyl (C=O) groups is 1. The molecule has 1 heterocycles. The van der Waals surface area contributed by atoms with Gasteiger partial charge in [-0.3, -0.25) is 4.79 Å². The molecule has 0 fully saturated rings. The second kappa shape index (κ2) is 8.11. The molecule has 1 amide bonds. The standard InChI is InChI=1S/C18H11BrCl3NOS/c19-18-12(9-16(22)25-18)11-7-10(5-6-13(11)20)8-17(24)23-15-4-2-1-3-14(15)21/h1-7,9H,8H2,(H,23,24). The van der Waals surface area contributed by atoms with Crippen LogP contribution >= 0.6 is 62.1 Å². The van der Waals surface area contributed by atoms with Gasteiger partial charge in [0.1, 0.15) is 0 Å². The lowest BCUT2D eigenvalue weighted by molar-refractivity contribution is -0.115. The first-order valence-corrected chi connectivity index (χ1v) is 9.96. The lowest BCUT2D eigenvalue weighted by atomic mass is 10.0. The number of nitrogens with one attached hydrogen (secondary N) is 1. The zero-order valence-electron chi connectivity index (χ0n) is 12.7. The van der Waals surface area contributed by atoms with E-state index in [-0.39, 0.29) is 12.3 Å². The van der Waals surface area contributed by atoms with Crippen molar-refractivity contribution in [3.63, 3.8) is 0 Å². The molecule has 0 bridgehead atoms. The van der Waals surface area contributed by atoms with Gasteiger partial charge >= 0.3 is 0 Å². The minimum atomic E-state index is -0.149. The van der Waals surface area contributed by atoms with Gasteiger partial charge in [0.15, 0.2) is 0 Å². The zero-order chi connectivity index (χ0) is 18.0. The number of hydrogen-bond donors (Lipinski definition) is 1. The third-order valence-electron chi connectivity index (χ3n) is 3.49. The maximum Gasteiger partial charge on any atom is 0.228 e. The van der Waals surface area contributed by atoms with Crippen molar-refractivity contribution in [1.82, 2.24) is 0 Å². The van der Waals surface area contributed by atoms with E-state index in [9.17, 15) is 4.79 Å². The van der Waals surface area contributed by atoms with Crippen LogP contribution in [0.25, 0.3) is 11.1 Å². The molecule has 0 spiro atoms. The van der Waals surface area contributed by atoms with Gasteiger partial charge in [-0.2, -0.15) is 0 Å². The first-order chi connectivity index (χ1) is 11.9. The number of thiophene rings is 1. The van der Waals surface area contributed by atoms with Gasteiger partial charge in [0.2, 0.25) is 5.91 Å². The van der Waals surface area contributed by atoms with Crippen molar-refractivity contribution in [2.45, 2.75) is 6.42 Å². The Labute approximate surface area is 172 Å². The number of anilines is 1. The predicted octanol–water partition coefficient (Wildman–Crippen LogP) is 7.32. The fourth-order valence-electron chi connectivity index (χ4n) is 2.36. The van der Waals surface area contributed by atoms with Gasteiger partial charge in [-0.15, -0.1) is 11.3 Å². The summed E-state index contributed by atoms with van der Waals surface area (Å²) in [6, 6.07) is 14.5. The molecular formula is C18H11BrCl3NOS. The summed E-state index contributed by atoms with van der Waals surface area (Å²) >= 11 is 23.4. The summed E-state index contributed by atoms with van der Waals surface area (Å²) < 4.78 is 1.57. The van der Waals surface area contributed by atoms with Crippen LogP contribution in [0.1, 0.15) is 5.56 Å². The molecule has 0 saturated heterocycles. The normalized spacial score (nSPS) is 10.7. The summed E-state index contributed by atoms with van der Waals surface area (Å²) in [4.78, 5) is 12.3.